The summed E-state index contributed by atoms with van der Waals surface area (Å²) in [6.45, 7) is 5.94. The Balaban J connectivity index is 2.19. The molecule has 1 fully saturated rings. The van der Waals surface area contributed by atoms with E-state index in [-0.39, 0.29) is 17.1 Å². The van der Waals surface area contributed by atoms with Crippen molar-refractivity contribution >= 4 is 22.8 Å². The first kappa shape index (κ1) is 15.5. The molecule has 1 heterocycles. The second kappa shape index (κ2) is 7.76. The van der Waals surface area contributed by atoms with Gasteiger partial charge in [-0.15, -0.1) is 0 Å². The van der Waals surface area contributed by atoms with Gasteiger partial charge in [-0.2, -0.15) is 0 Å². The van der Waals surface area contributed by atoms with Gasteiger partial charge < -0.3 is 15.3 Å². The van der Waals surface area contributed by atoms with Crippen molar-refractivity contribution in [3.05, 3.63) is 0 Å². The van der Waals surface area contributed by atoms with Gasteiger partial charge in [-0.3, -0.25) is 9.59 Å². The molecule has 0 aromatic carbocycles. The number of hydrogen-bond donors (Lipinski definition) is 2. The van der Waals surface area contributed by atoms with E-state index < -0.39 is 0 Å². The van der Waals surface area contributed by atoms with Crippen molar-refractivity contribution in [2.24, 2.45) is 5.92 Å². The van der Waals surface area contributed by atoms with Crippen LogP contribution in [0.5, 0.6) is 0 Å². The van der Waals surface area contributed by atoms with Crippen LogP contribution in [0.1, 0.15) is 20.3 Å². The topological polar surface area (TPSA) is 69.6 Å². The van der Waals surface area contributed by atoms with Gasteiger partial charge >= 0.3 is 0 Å². The van der Waals surface area contributed by atoms with E-state index in [1.54, 1.807) is 13.8 Å². The first-order chi connectivity index (χ1) is 8.49. The van der Waals surface area contributed by atoms with Crippen molar-refractivity contribution in [3.63, 3.8) is 0 Å². The SMILES string of the molecule is CC(=O)SCC1CC(=O)N(CCNCC(C)O)C1. The highest BCUT2D eigenvalue weighted by atomic mass is 32.2. The Kier molecular flexibility index (Phi) is 6.67. The minimum absolute atomic E-state index is 0.111. The number of aliphatic hydroxyl groups excluding tert-OH is 1. The van der Waals surface area contributed by atoms with E-state index in [4.69, 9.17) is 5.11 Å². The molecule has 0 bridgehead atoms. The summed E-state index contributed by atoms with van der Waals surface area (Å²) in [5, 5.41) is 12.3. The molecule has 1 saturated heterocycles. The lowest BCUT2D eigenvalue weighted by Crippen LogP contribution is -2.35. The zero-order chi connectivity index (χ0) is 13.5. The van der Waals surface area contributed by atoms with Crippen molar-refractivity contribution in [2.45, 2.75) is 26.4 Å². The summed E-state index contributed by atoms with van der Waals surface area (Å²) in [4.78, 5) is 24.4. The van der Waals surface area contributed by atoms with Gasteiger partial charge in [-0.05, 0) is 12.8 Å². The van der Waals surface area contributed by atoms with Crippen LogP contribution in [0.2, 0.25) is 0 Å². The number of likely N-dealkylation sites (tertiary alicyclic amines) is 1. The Morgan fingerprint density at radius 1 is 1.67 bits per heavy atom. The van der Waals surface area contributed by atoms with Gasteiger partial charge in [0.15, 0.2) is 5.12 Å². The largest absolute Gasteiger partial charge is 0.392 e. The van der Waals surface area contributed by atoms with E-state index >= 15 is 0 Å². The number of hydrogen-bond acceptors (Lipinski definition) is 5. The lowest BCUT2D eigenvalue weighted by Gasteiger charge is -2.17. The molecule has 1 amide bonds. The summed E-state index contributed by atoms with van der Waals surface area (Å²) in [5.41, 5.74) is 0. The molecule has 18 heavy (non-hydrogen) atoms. The number of carbonyl (C=O) groups is 2. The van der Waals surface area contributed by atoms with E-state index in [2.05, 4.69) is 5.32 Å². The van der Waals surface area contributed by atoms with Gasteiger partial charge in [0.1, 0.15) is 0 Å². The number of amides is 1. The molecule has 1 rings (SSSR count). The van der Waals surface area contributed by atoms with Crippen molar-refractivity contribution in [3.8, 4) is 0 Å². The maximum absolute atomic E-state index is 11.7. The molecule has 1 aliphatic heterocycles. The van der Waals surface area contributed by atoms with Crippen molar-refractivity contribution in [1.82, 2.24) is 10.2 Å². The molecule has 0 radical (unpaired) electrons. The average Bonchev–Trinajstić information content (AvgIpc) is 2.63. The highest BCUT2D eigenvalue weighted by molar-refractivity contribution is 8.13. The van der Waals surface area contributed by atoms with Crippen molar-refractivity contribution in [1.29, 1.82) is 0 Å². The number of carbonyl (C=O) groups excluding carboxylic acids is 2. The summed E-state index contributed by atoms with van der Waals surface area (Å²) in [7, 11) is 0. The third kappa shape index (κ3) is 5.84. The summed E-state index contributed by atoms with van der Waals surface area (Å²) >= 11 is 1.30. The van der Waals surface area contributed by atoms with E-state index in [0.29, 0.717) is 32.0 Å². The van der Waals surface area contributed by atoms with Crippen LogP contribution in [0.3, 0.4) is 0 Å². The minimum atomic E-state index is -0.362. The Bertz CT molecular complexity index is 297. The number of rotatable bonds is 7. The fraction of sp³-hybridized carbons (Fsp3) is 0.833. The highest BCUT2D eigenvalue weighted by Gasteiger charge is 2.29. The second-order valence-electron chi connectivity index (χ2n) is 4.77. The third-order valence-corrected chi connectivity index (χ3v) is 3.86. The molecular weight excluding hydrogens is 252 g/mol. The molecule has 2 unspecified atom stereocenters. The fourth-order valence-corrected chi connectivity index (χ4v) is 2.64. The third-order valence-electron chi connectivity index (χ3n) is 2.82. The zero-order valence-corrected chi connectivity index (χ0v) is 11.8. The molecule has 1 aliphatic rings. The molecule has 0 aromatic rings. The van der Waals surface area contributed by atoms with Crippen molar-refractivity contribution < 1.29 is 14.7 Å². The van der Waals surface area contributed by atoms with Gasteiger partial charge in [0, 0.05) is 45.3 Å². The number of nitrogens with one attached hydrogen (secondary N) is 1. The Hall–Kier alpha value is -0.590. The molecule has 6 heteroatoms. The van der Waals surface area contributed by atoms with Crippen LogP contribution >= 0.6 is 11.8 Å². The van der Waals surface area contributed by atoms with E-state index in [9.17, 15) is 9.59 Å². The van der Waals surface area contributed by atoms with Crippen LogP contribution in [-0.4, -0.2) is 59.1 Å². The molecule has 5 nitrogen and oxygen atoms in total. The lowest BCUT2D eigenvalue weighted by molar-refractivity contribution is -0.127. The molecule has 0 spiro atoms. The van der Waals surface area contributed by atoms with Crippen LogP contribution in [0.25, 0.3) is 0 Å². The monoisotopic (exact) mass is 274 g/mol. The summed E-state index contributed by atoms with van der Waals surface area (Å²) in [6.07, 6.45) is 0.190. The number of aliphatic hydroxyl groups is 1. The second-order valence-corrected chi connectivity index (χ2v) is 5.96. The quantitative estimate of drug-likeness (QED) is 0.644. The first-order valence-electron chi connectivity index (χ1n) is 6.29. The van der Waals surface area contributed by atoms with Crippen LogP contribution in [0.15, 0.2) is 0 Å². The minimum Gasteiger partial charge on any atom is -0.392 e. The molecule has 0 aliphatic carbocycles. The maximum Gasteiger partial charge on any atom is 0.222 e. The standard InChI is InChI=1S/C12H22N2O3S/c1-9(15)6-13-3-4-14-7-11(5-12(14)17)8-18-10(2)16/h9,11,13,15H,3-8H2,1-2H3. The van der Waals surface area contributed by atoms with Gasteiger partial charge in [0.05, 0.1) is 6.10 Å². The van der Waals surface area contributed by atoms with Crippen LogP contribution in [0.4, 0.5) is 0 Å². The summed E-state index contributed by atoms with van der Waals surface area (Å²) < 4.78 is 0. The number of thioether (sulfide) groups is 1. The van der Waals surface area contributed by atoms with Crippen LogP contribution in [-0.2, 0) is 9.59 Å². The molecule has 0 aromatic heterocycles. The average molecular weight is 274 g/mol. The van der Waals surface area contributed by atoms with Gasteiger partial charge in [0.25, 0.3) is 0 Å². The predicted molar refractivity (Wildman–Crippen MR) is 72.4 cm³/mol. The van der Waals surface area contributed by atoms with Crippen LogP contribution in [0, 0.1) is 5.92 Å². The summed E-state index contributed by atoms with van der Waals surface area (Å²) in [6, 6.07) is 0. The molecule has 0 saturated carbocycles. The van der Waals surface area contributed by atoms with Gasteiger partial charge in [-0.1, -0.05) is 11.8 Å². The van der Waals surface area contributed by atoms with E-state index in [0.717, 1.165) is 12.3 Å². The fourth-order valence-electron chi connectivity index (χ4n) is 1.94. The summed E-state index contributed by atoms with van der Waals surface area (Å²) in [5.74, 6) is 1.20. The normalized spacial score (nSPS) is 21.4. The molecule has 104 valence electrons. The van der Waals surface area contributed by atoms with E-state index in [1.807, 2.05) is 4.90 Å². The zero-order valence-electron chi connectivity index (χ0n) is 11.0. The Morgan fingerprint density at radius 3 is 3.00 bits per heavy atom. The predicted octanol–water partition coefficient (Wildman–Crippen LogP) is 0.0850. The van der Waals surface area contributed by atoms with Gasteiger partial charge in [0.2, 0.25) is 5.91 Å². The van der Waals surface area contributed by atoms with Crippen molar-refractivity contribution in [2.75, 3.05) is 31.9 Å². The lowest BCUT2D eigenvalue weighted by atomic mass is 10.1. The Labute approximate surface area is 112 Å². The number of nitrogens with zero attached hydrogens (tertiary/aromatic N) is 1. The highest BCUT2D eigenvalue weighted by Crippen LogP contribution is 2.21. The molecule has 2 N–H and O–H groups in total. The molecular formula is C12H22N2O3S. The van der Waals surface area contributed by atoms with Crippen LogP contribution < -0.4 is 5.32 Å². The Morgan fingerprint density at radius 2 is 2.39 bits per heavy atom. The maximum atomic E-state index is 11.7. The van der Waals surface area contributed by atoms with Gasteiger partial charge in [-0.25, -0.2) is 0 Å². The first-order valence-corrected chi connectivity index (χ1v) is 7.27. The van der Waals surface area contributed by atoms with E-state index in [1.165, 1.54) is 11.8 Å². The smallest absolute Gasteiger partial charge is 0.222 e. The molecule has 2 atom stereocenters.